The fraction of sp³-hybridized carbons (Fsp3) is 0.818. The summed E-state index contributed by atoms with van der Waals surface area (Å²) in [5, 5.41) is 0. The predicted octanol–water partition coefficient (Wildman–Crippen LogP) is 3.92. The van der Waals surface area contributed by atoms with E-state index < -0.39 is 0 Å². The van der Waals surface area contributed by atoms with Gasteiger partial charge in [-0.2, -0.15) is 0 Å². The zero-order chi connectivity index (χ0) is 8.10. The summed E-state index contributed by atoms with van der Waals surface area (Å²) in [6.07, 6.45) is 9.78. The summed E-state index contributed by atoms with van der Waals surface area (Å²) in [7, 11) is 0. The molecule has 0 aliphatic heterocycles. The molecule has 0 aromatic rings. The molecule has 0 heterocycles. The maximum absolute atomic E-state index is 4.07. The molecule has 0 aromatic carbocycles. The SMILES string of the molecule is C=C(CC)CC1CCCCC1. The third kappa shape index (κ3) is 3.09. The molecule has 1 fully saturated rings. The first-order chi connectivity index (χ1) is 5.33. The minimum atomic E-state index is 0.983. The summed E-state index contributed by atoms with van der Waals surface area (Å²) in [5.74, 6) is 0.983. The van der Waals surface area contributed by atoms with E-state index in [4.69, 9.17) is 0 Å². The zero-order valence-electron chi connectivity index (χ0n) is 7.73. The minimum Gasteiger partial charge on any atom is -0.0999 e. The lowest BCUT2D eigenvalue weighted by atomic mass is 9.84. The van der Waals surface area contributed by atoms with Crippen LogP contribution in [-0.4, -0.2) is 0 Å². The molecule has 1 aliphatic rings. The summed E-state index contributed by atoms with van der Waals surface area (Å²) >= 11 is 0. The highest BCUT2D eigenvalue weighted by molar-refractivity contribution is 4.94. The van der Waals surface area contributed by atoms with Crippen LogP contribution in [0.5, 0.6) is 0 Å². The van der Waals surface area contributed by atoms with Crippen molar-refractivity contribution in [2.45, 2.75) is 51.9 Å². The van der Waals surface area contributed by atoms with Crippen LogP contribution in [0, 0.1) is 5.92 Å². The van der Waals surface area contributed by atoms with Crippen molar-refractivity contribution in [1.82, 2.24) is 0 Å². The molecule has 0 heteroatoms. The Hall–Kier alpha value is -0.260. The average Bonchev–Trinajstić information content (AvgIpc) is 2.06. The third-order valence-electron chi connectivity index (χ3n) is 2.80. The van der Waals surface area contributed by atoms with Crippen LogP contribution < -0.4 is 0 Å². The maximum Gasteiger partial charge on any atom is -0.0295 e. The number of hydrogen-bond acceptors (Lipinski definition) is 0. The maximum atomic E-state index is 4.07. The van der Waals surface area contributed by atoms with E-state index in [1.165, 1.54) is 50.5 Å². The Balaban J connectivity index is 2.19. The Morgan fingerprint density at radius 3 is 2.45 bits per heavy atom. The van der Waals surface area contributed by atoms with E-state index >= 15 is 0 Å². The van der Waals surface area contributed by atoms with Gasteiger partial charge in [-0.25, -0.2) is 0 Å². The normalized spacial score (nSPS) is 20.1. The molecule has 0 radical (unpaired) electrons. The lowest BCUT2D eigenvalue weighted by molar-refractivity contribution is 0.354. The summed E-state index contributed by atoms with van der Waals surface area (Å²) < 4.78 is 0. The van der Waals surface area contributed by atoms with Crippen LogP contribution in [0.15, 0.2) is 12.2 Å². The van der Waals surface area contributed by atoms with E-state index in [-0.39, 0.29) is 0 Å². The van der Waals surface area contributed by atoms with Crippen LogP contribution in [0.3, 0.4) is 0 Å². The molecular weight excluding hydrogens is 132 g/mol. The molecule has 1 aliphatic carbocycles. The molecule has 0 bridgehead atoms. The average molecular weight is 152 g/mol. The summed E-state index contributed by atoms with van der Waals surface area (Å²) in [5.41, 5.74) is 1.46. The molecule has 0 spiro atoms. The van der Waals surface area contributed by atoms with E-state index in [2.05, 4.69) is 13.5 Å². The molecular formula is C11H20. The molecule has 0 aromatic heterocycles. The third-order valence-corrected chi connectivity index (χ3v) is 2.80. The van der Waals surface area contributed by atoms with Crippen LogP contribution in [-0.2, 0) is 0 Å². The van der Waals surface area contributed by atoms with Gasteiger partial charge in [0.25, 0.3) is 0 Å². The monoisotopic (exact) mass is 152 g/mol. The molecule has 0 amide bonds. The molecule has 1 rings (SSSR count). The molecule has 11 heavy (non-hydrogen) atoms. The van der Waals surface area contributed by atoms with Crippen molar-refractivity contribution >= 4 is 0 Å². The smallest absolute Gasteiger partial charge is 0.0295 e. The van der Waals surface area contributed by atoms with E-state index in [1.807, 2.05) is 0 Å². The molecule has 0 unspecified atom stereocenters. The van der Waals surface area contributed by atoms with Gasteiger partial charge in [0.1, 0.15) is 0 Å². The van der Waals surface area contributed by atoms with Gasteiger partial charge in [0, 0.05) is 0 Å². The highest BCUT2D eigenvalue weighted by Crippen LogP contribution is 2.28. The second kappa shape index (κ2) is 4.58. The fourth-order valence-corrected chi connectivity index (χ4v) is 1.94. The Kier molecular flexibility index (Phi) is 3.68. The van der Waals surface area contributed by atoms with Crippen LogP contribution >= 0.6 is 0 Å². The molecule has 1 saturated carbocycles. The van der Waals surface area contributed by atoms with Crippen molar-refractivity contribution in [3.8, 4) is 0 Å². The lowest BCUT2D eigenvalue weighted by Gasteiger charge is -2.21. The van der Waals surface area contributed by atoms with Gasteiger partial charge >= 0.3 is 0 Å². The van der Waals surface area contributed by atoms with Gasteiger partial charge < -0.3 is 0 Å². The van der Waals surface area contributed by atoms with Crippen LogP contribution in [0.4, 0.5) is 0 Å². The van der Waals surface area contributed by atoms with E-state index in [0.717, 1.165) is 5.92 Å². The zero-order valence-corrected chi connectivity index (χ0v) is 7.73. The van der Waals surface area contributed by atoms with Crippen LogP contribution in [0.25, 0.3) is 0 Å². The summed E-state index contributed by atoms with van der Waals surface area (Å²) in [4.78, 5) is 0. The van der Waals surface area contributed by atoms with Crippen molar-refractivity contribution in [2.24, 2.45) is 5.92 Å². The molecule has 0 nitrogen and oxygen atoms in total. The van der Waals surface area contributed by atoms with Crippen molar-refractivity contribution in [3.05, 3.63) is 12.2 Å². The van der Waals surface area contributed by atoms with Crippen molar-refractivity contribution in [3.63, 3.8) is 0 Å². The largest absolute Gasteiger partial charge is 0.0999 e. The Morgan fingerprint density at radius 2 is 1.91 bits per heavy atom. The van der Waals surface area contributed by atoms with Gasteiger partial charge in [-0.1, -0.05) is 51.2 Å². The van der Waals surface area contributed by atoms with E-state index in [1.54, 1.807) is 0 Å². The Morgan fingerprint density at radius 1 is 1.27 bits per heavy atom. The summed E-state index contributed by atoms with van der Waals surface area (Å²) in [6.45, 7) is 6.28. The highest BCUT2D eigenvalue weighted by Gasteiger charge is 2.13. The van der Waals surface area contributed by atoms with Gasteiger partial charge in [-0.15, -0.1) is 0 Å². The second-order valence-electron chi connectivity index (χ2n) is 3.81. The van der Waals surface area contributed by atoms with E-state index in [0.29, 0.717) is 0 Å². The first-order valence-corrected chi connectivity index (χ1v) is 4.99. The molecule has 0 N–H and O–H groups in total. The predicted molar refractivity (Wildman–Crippen MR) is 50.6 cm³/mol. The van der Waals surface area contributed by atoms with Crippen molar-refractivity contribution in [2.75, 3.05) is 0 Å². The van der Waals surface area contributed by atoms with Gasteiger partial charge in [0.05, 0.1) is 0 Å². The first-order valence-electron chi connectivity index (χ1n) is 4.99. The first kappa shape index (κ1) is 8.83. The highest BCUT2D eigenvalue weighted by atomic mass is 14.2. The van der Waals surface area contributed by atoms with Crippen molar-refractivity contribution < 1.29 is 0 Å². The van der Waals surface area contributed by atoms with Gasteiger partial charge in [0.15, 0.2) is 0 Å². The standard InChI is InChI=1S/C11H20/c1-3-10(2)9-11-7-5-4-6-8-11/h11H,2-9H2,1H3. The topological polar surface area (TPSA) is 0 Å². The molecule has 0 saturated heterocycles. The van der Waals surface area contributed by atoms with Gasteiger partial charge in [-0.3, -0.25) is 0 Å². The van der Waals surface area contributed by atoms with Crippen LogP contribution in [0.1, 0.15) is 51.9 Å². The fourth-order valence-electron chi connectivity index (χ4n) is 1.94. The van der Waals surface area contributed by atoms with E-state index in [9.17, 15) is 0 Å². The minimum absolute atomic E-state index is 0.983. The second-order valence-corrected chi connectivity index (χ2v) is 3.81. The lowest BCUT2D eigenvalue weighted by Crippen LogP contribution is -2.06. The summed E-state index contributed by atoms with van der Waals surface area (Å²) in [6, 6.07) is 0. The Labute approximate surface area is 70.7 Å². The quantitative estimate of drug-likeness (QED) is 0.538. The van der Waals surface area contributed by atoms with Crippen molar-refractivity contribution in [1.29, 1.82) is 0 Å². The van der Waals surface area contributed by atoms with Gasteiger partial charge in [0.2, 0.25) is 0 Å². The number of hydrogen-bond donors (Lipinski definition) is 0. The van der Waals surface area contributed by atoms with Crippen LogP contribution in [0.2, 0.25) is 0 Å². The Bertz CT molecular complexity index is 118. The molecule has 0 atom stereocenters. The number of allylic oxidation sites excluding steroid dienone is 1. The van der Waals surface area contributed by atoms with Gasteiger partial charge in [-0.05, 0) is 18.8 Å². The molecule has 64 valence electrons. The number of rotatable bonds is 3.